The van der Waals surface area contributed by atoms with E-state index >= 15 is 0 Å². The summed E-state index contributed by atoms with van der Waals surface area (Å²) in [5.41, 5.74) is -0.520. The van der Waals surface area contributed by atoms with Crippen LogP contribution in [0.2, 0.25) is 0 Å². The van der Waals surface area contributed by atoms with Crippen molar-refractivity contribution in [1.82, 2.24) is 4.90 Å². The van der Waals surface area contributed by atoms with E-state index in [1.165, 1.54) is 0 Å². The largest absolute Gasteiger partial charge is 0.444 e. The van der Waals surface area contributed by atoms with Gasteiger partial charge in [0.15, 0.2) is 0 Å². The molecule has 1 heterocycles. The van der Waals surface area contributed by atoms with Gasteiger partial charge in [-0.2, -0.15) is 0 Å². The van der Waals surface area contributed by atoms with Gasteiger partial charge in [-0.3, -0.25) is 9.69 Å². The van der Waals surface area contributed by atoms with Crippen LogP contribution in [0, 0.1) is 5.92 Å². The van der Waals surface area contributed by atoms with Crippen LogP contribution in [0.15, 0.2) is 0 Å². The van der Waals surface area contributed by atoms with Crippen LogP contribution in [0.3, 0.4) is 0 Å². The van der Waals surface area contributed by atoms with Gasteiger partial charge in [0.2, 0.25) is 0 Å². The third-order valence-corrected chi connectivity index (χ3v) is 4.11. The third kappa shape index (κ3) is 4.43. The molecular formula is C16H27NO4. The zero-order valence-corrected chi connectivity index (χ0v) is 13.4. The van der Waals surface area contributed by atoms with Gasteiger partial charge in [-0.25, -0.2) is 4.79 Å². The first-order valence-corrected chi connectivity index (χ1v) is 7.98. The molecule has 1 saturated heterocycles. The summed E-state index contributed by atoms with van der Waals surface area (Å²) in [4.78, 5) is 26.4. The number of ether oxygens (including phenoxy) is 2. The Kier molecular flexibility index (Phi) is 5.25. The SMILES string of the molecule is CC(C)(C)OC(=O)N1CCOCC1C1CCCCCC1=O. The van der Waals surface area contributed by atoms with Crippen LogP contribution in [-0.2, 0) is 14.3 Å². The topological polar surface area (TPSA) is 55.8 Å². The smallest absolute Gasteiger partial charge is 0.410 e. The molecule has 2 fully saturated rings. The summed E-state index contributed by atoms with van der Waals surface area (Å²) in [6, 6.07) is -0.167. The highest BCUT2D eigenvalue weighted by molar-refractivity contribution is 5.82. The van der Waals surface area contributed by atoms with Gasteiger partial charge >= 0.3 is 6.09 Å². The number of morpholine rings is 1. The molecule has 0 aromatic heterocycles. The monoisotopic (exact) mass is 297 g/mol. The van der Waals surface area contributed by atoms with Gasteiger partial charge in [-0.05, 0) is 33.6 Å². The lowest BCUT2D eigenvalue weighted by molar-refractivity contribution is -0.127. The summed E-state index contributed by atoms with van der Waals surface area (Å²) in [6.07, 6.45) is 4.27. The van der Waals surface area contributed by atoms with Crippen molar-refractivity contribution in [3.8, 4) is 0 Å². The molecule has 2 atom stereocenters. The van der Waals surface area contributed by atoms with E-state index in [1.54, 1.807) is 4.90 Å². The number of carbonyl (C=O) groups excluding carboxylic acids is 2. The fourth-order valence-electron chi connectivity index (χ4n) is 3.10. The van der Waals surface area contributed by atoms with Gasteiger partial charge in [0, 0.05) is 18.9 Å². The number of nitrogens with zero attached hydrogens (tertiary/aromatic N) is 1. The molecule has 0 radical (unpaired) electrons. The highest BCUT2D eigenvalue weighted by Crippen LogP contribution is 2.28. The molecule has 0 aromatic carbocycles. The average molecular weight is 297 g/mol. The van der Waals surface area contributed by atoms with E-state index in [-0.39, 0.29) is 23.8 Å². The lowest BCUT2D eigenvalue weighted by Gasteiger charge is -2.39. The zero-order chi connectivity index (χ0) is 15.5. The molecule has 0 spiro atoms. The second-order valence-electron chi connectivity index (χ2n) is 6.99. The molecule has 1 saturated carbocycles. The Morgan fingerprint density at radius 2 is 2.05 bits per heavy atom. The van der Waals surface area contributed by atoms with E-state index in [2.05, 4.69) is 0 Å². The quantitative estimate of drug-likeness (QED) is 0.698. The first kappa shape index (κ1) is 16.3. The van der Waals surface area contributed by atoms with Gasteiger partial charge in [-0.1, -0.05) is 12.8 Å². The molecule has 120 valence electrons. The molecule has 0 bridgehead atoms. The fraction of sp³-hybridized carbons (Fsp3) is 0.875. The van der Waals surface area contributed by atoms with Crippen molar-refractivity contribution in [3.05, 3.63) is 0 Å². The predicted octanol–water partition coefficient (Wildman–Crippen LogP) is 2.77. The molecule has 2 unspecified atom stereocenters. The van der Waals surface area contributed by atoms with E-state index in [9.17, 15) is 9.59 Å². The van der Waals surface area contributed by atoms with E-state index in [0.29, 0.717) is 26.2 Å². The summed E-state index contributed by atoms with van der Waals surface area (Å²) >= 11 is 0. The minimum Gasteiger partial charge on any atom is -0.444 e. The highest BCUT2D eigenvalue weighted by atomic mass is 16.6. The highest BCUT2D eigenvalue weighted by Gasteiger charge is 2.39. The number of Topliss-reactive ketones (excluding diaryl/α,β-unsaturated/α-hetero) is 1. The van der Waals surface area contributed by atoms with Crippen LogP contribution in [0.25, 0.3) is 0 Å². The summed E-state index contributed by atoms with van der Waals surface area (Å²) in [7, 11) is 0. The molecule has 21 heavy (non-hydrogen) atoms. The number of carbonyl (C=O) groups is 2. The van der Waals surface area contributed by atoms with Crippen LogP contribution in [0.5, 0.6) is 0 Å². The average Bonchev–Trinajstić information content (AvgIpc) is 2.61. The second-order valence-corrected chi connectivity index (χ2v) is 6.99. The van der Waals surface area contributed by atoms with Gasteiger partial charge in [-0.15, -0.1) is 0 Å². The number of hydrogen-bond acceptors (Lipinski definition) is 4. The molecule has 5 heteroatoms. The maximum atomic E-state index is 12.4. The van der Waals surface area contributed by atoms with Crippen molar-refractivity contribution in [2.45, 2.75) is 64.5 Å². The van der Waals surface area contributed by atoms with Crippen molar-refractivity contribution >= 4 is 11.9 Å². The van der Waals surface area contributed by atoms with E-state index in [0.717, 1.165) is 25.7 Å². The van der Waals surface area contributed by atoms with E-state index in [4.69, 9.17) is 9.47 Å². The maximum absolute atomic E-state index is 12.4. The minimum atomic E-state index is -0.520. The molecular weight excluding hydrogens is 270 g/mol. The van der Waals surface area contributed by atoms with Crippen LogP contribution in [0.4, 0.5) is 4.79 Å². The molecule has 0 N–H and O–H groups in total. The summed E-state index contributed by atoms with van der Waals surface area (Å²) < 4.78 is 11.0. The lowest BCUT2D eigenvalue weighted by atomic mass is 9.89. The summed E-state index contributed by atoms with van der Waals surface area (Å²) in [6.45, 7) is 7.03. The molecule has 1 aliphatic carbocycles. The Hall–Kier alpha value is -1.10. The third-order valence-electron chi connectivity index (χ3n) is 4.11. The lowest BCUT2D eigenvalue weighted by Crippen LogP contribution is -2.54. The van der Waals surface area contributed by atoms with Crippen LogP contribution >= 0.6 is 0 Å². The molecule has 5 nitrogen and oxygen atoms in total. The van der Waals surface area contributed by atoms with Crippen LogP contribution < -0.4 is 0 Å². The molecule has 1 aliphatic heterocycles. The van der Waals surface area contributed by atoms with Crippen molar-refractivity contribution in [3.63, 3.8) is 0 Å². The van der Waals surface area contributed by atoms with Gasteiger partial charge in [0.25, 0.3) is 0 Å². The number of rotatable bonds is 1. The molecule has 1 amide bonds. The number of ketones is 1. The molecule has 2 aliphatic rings. The summed E-state index contributed by atoms with van der Waals surface area (Å²) in [5.74, 6) is 0.178. The normalized spacial score (nSPS) is 28.1. The Labute approximate surface area is 127 Å². The van der Waals surface area contributed by atoms with Gasteiger partial charge in [0.1, 0.15) is 11.4 Å². The minimum absolute atomic E-state index is 0.0969. The zero-order valence-electron chi connectivity index (χ0n) is 13.4. The van der Waals surface area contributed by atoms with Crippen molar-refractivity contribution < 1.29 is 19.1 Å². The van der Waals surface area contributed by atoms with Crippen molar-refractivity contribution in [2.75, 3.05) is 19.8 Å². The first-order chi connectivity index (χ1) is 9.88. The molecule has 2 rings (SSSR count). The number of hydrogen-bond donors (Lipinski definition) is 0. The van der Waals surface area contributed by atoms with Gasteiger partial charge < -0.3 is 9.47 Å². The fourth-order valence-corrected chi connectivity index (χ4v) is 3.10. The Bertz CT molecular complexity index is 388. The van der Waals surface area contributed by atoms with Crippen molar-refractivity contribution in [2.24, 2.45) is 5.92 Å². The van der Waals surface area contributed by atoms with E-state index in [1.807, 2.05) is 20.8 Å². The first-order valence-electron chi connectivity index (χ1n) is 7.98. The maximum Gasteiger partial charge on any atom is 0.410 e. The van der Waals surface area contributed by atoms with Crippen LogP contribution in [-0.4, -0.2) is 48.2 Å². The van der Waals surface area contributed by atoms with Crippen LogP contribution in [0.1, 0.15) is 52.9 Å². The standard InChI is InChI=1S/C16H27NO4/c1-16(2,3)21-15(19)17-9-10-20-11-13(17)12-7-5-4-6-8-14(12)18/h12-13H,4-11H2,1-3H3. The predicted molar refractivity (Wildman–Crippen MR) is 79.1 cm³/mol. The Balaban J connectivity index is 2.10. The van der Waals surface area contributed by atoms with Crippen molar-refractivity contribution in [1.29, 1.82) is 0 Å². The second kappa shape index (κ2) is 6.77. The van der Waals surface area contributed by atoms with Gasteiger partial charge in [0.05, 0.1) is 19.3 Å². The number of amides is 1. The molecule has 0 aromatic rings. The van der Waals surface area contributed by atoms with E-state index < -0.39 is 5.60 Å². The summed E-state index contributed by atoms with van der Waals surface area (Å²) in [5, 5.41) is 0. The Morgan fingerprint density at radius 3 is 2.76 bits per heavy atom. The Morgan fingerprint density at radius 1 is 1.29 bits per heavy atom.